The van der Waals surface area contributed by atoms with E-state index in [-0.39, 0.29) is 32.8 Å². The third-order valence-corrected chi connectivity index (χ3v) is 5.56. The number of nitrogens with zero attached hydrogens (tertiary/aromatic N) is 1. The molecule has 166 valence electrons. The van der Waals surface area contributed by atoms with Crippen molar-refractivity contribution >= 4 is 58.5 Å². The average Bonchev–Trinajstić information content (AvgIpc) is 3.19. The summed E-state index contributed by atoms with van der Waals surface area (Å²) in [4.78, 5) is 38.1. The second-order valence-electron chi connectivity index (χ2n) is 7.49. The molecule has 2 amide bonds. The van der Waals surface area contributed by atoms with Gasteiger partial charge in [-0.15, -0.1) is 0 Å². The van der Waals surface area contributed by atoms with Crippen molar-refractivity contribution < 1.29 is 23.9 Å². The lowest BCUT2D eigenvalue weighted by atomic mass is 10.1. The van der Waals surface area contributed by atoms with Crippen LogP contribution in [0.1, 0.15) is 27.2 Å². The number of benzene rings is 2. The molecule has 0 unspecified atom stereocenters. The van der Waals surface area contributed by atoms with Gasteiger partial charge in [-0.3, -0.25) is 19.8 Å². The zero-order valence-electron chi connectivity index (χ0n) is 17.5. The SMILES string of the molecule is Cc1cc(C)cc(N2C(=O)/C(=C/c3ccc(-c4cc(C(=O)[O-])ccc4Cl)o3)C(=O)NC2=S)c1. The summed E-state index contributed by atoms with van der Waals surface area (Å²) in [7, 11) is 0. The molecule has 7 nitrogen and oxygen atoms in total. The standard InChI is InChI=1S/C24H17ClN2O5S/c1-12-7-13(2)9-15(8-12)27-22(29)18(21(28)26-24(27)33)11-16-4-6-20(32-16)17-10-14(23(30)31)3-5-19(17)25/h3-11H,1-2H3,(H,30,31)(H,26,28,33)/p-1/b18-11+. The molecule has 2 heterocycles. The van der Waals surface area contributed by atoms with Gasteiger partial charge in [0, 0.05) is 5.56 Å². The Balaban J connectivity index is 1.71. The van der Waals surface area contributed by atoms with Crippen molar-refractivity contribution in [1.29, 1.82) is 0 Å². The van der Waals surface area contributed by atoms with Crippen LogP contribution in [0.25, 0.3) is 17.4 Å². The summed E-state index contributed by atoms with van der Waals surface area (Å²) in [6, 6.07) is 12.7. The van der Waals surface area contributed by atoms with Crippen molar-refractivity contribution in [2.45, 2.75) is 13.8 Å². The first-order valence-corrected chi connectivity index (χ1v) is 10.5. The minimum Gasteiger partial charge on any atom is -0.545 e. The fourth-order valence-corrected chi connectivity index (χ4v) is 4.02. The summed E-state index contributed by atoms with van der Waals surface area (Å²) in [6.45, 7) is 3.79. The van der Waals surface area contributed by atoms with Gasteiger partial charge in [-0.05, 0) is 85.2 Å². The monoisotopic (exact) mass is 479 g/mol. The summed E-state index contributed by atoms with van der Waals surface area (Å²) >= 11 is 11.4. The minimum atomic E-state index is -1.35. The number of hydrogen-bond acceptors (Lipinski definition) is 6. The molecule has 0 atom stereocenters. The van der Waals surface area contributed by atoms with Crippen molar-refractivity contribution in [3.8, 4) is 11.3 Å². The maximum Gasteiger partial charge on any atom is 0.270 e. The van der Waals surface area contributed by atoms with Crippen LogP contribution in [-0.4, -0.2) is 22.9 Å². The van der Waals surface area contributed by atoms with Crippen LogP contribution in [0.4, 0.5) is 5.69 Å². The first-order valence-electron chi connectivity index (χ1n) is 9.75. The third-order valence-electron chi connectivity index (χ3n) is 4.95. The van der Waals surface area contributed by atoms with Gasteiger partial charge in [0.05, 0.1) is 16.7 Å². The van der Waals surface area contributed by atoms with Crippen LogP contribution in [-0.2, 0) is 9.59 Å². The number of anilines is 1. The minimum absolute atomic E-state index is 0.0156. The quantitative estimate of drug-likeness (QED) is 0.349. The summed E-state index contributed by atoms with van der Waals surface area (Å²) in [6.07, 6.45) is 1.30. The number of carbonyl (C=O) groups excluding carboxylic acids is 3. The molecule has 1 N–H and O–H groups in total. The zero-order chi connectivity index (χ0) is 23.9. The Bertz CT molecular complexity index is 1350. The van der Waals surface area contributed by atoms with E-state index in [1.54, 1.807) is 24.3 Å². The van der Waals surface area contributed by atoms with E-state index < -0.39 is 17.8 Å². The number of thiocarbonyl (C=S) groups is 1. The van der Waals surface area contributed by atoms with Crippen molar-refractivity contribution in [2.24, 2.45) is 0 Å². The van der Waals surface area contributed by atoms with E-state index in [0.29, 0.717) is 11.3 Å². The molecule has 0 radical (unpaired) electrons. The lowest BCUT2D eigenvalue weighted by molar-refractivity contribution is -0.255. The number of rotatable bonds is 4. The fourth-order valence-electron chi connectivity index (χ4n) is 3.53. The van der Waals surface area contributed by atoms with Crippen LogP contribution < -0.4 is 15.3 Å². The van der Waals surface area contributed by atoms with E-state index in [9.17, 15) is 19.5 Å². The molecular formula is C24H16ClN2O5S-. The molecule has 4 rings (SSSR count). The van der Waals surface area contributed by atoms with Gasteiger partial charge >= 0.3 is 0 Å². The number of hydrogen-bond donors (Lipinski definition) is 1. The lowest BCUT2D eigenvalue weighted by Gasteiger charge is -2.29. The molecule has 2 aromatic carbocycles. The number of aryl methyl sites for hydroxylation is 2. The molecule has 0 spiro atoms. The van der Waals surface area contributed by atoms with Crippen LogP contribution in [0.3, 0.4) is 0 Å². The van der Waals surface area contributed by atoms with Crippen molar-refractivity contribution in [3.05, 3.63) is 81.6 Å². The highest BCUT2D eigenvalue weighted by Gasteiger charge is 2.35. The number of furan rings is 1. The first kappa shape index (κ1) is 22.4. The van der Waals surface area contributed by atoms with Gasteiger partial charge in [0.15, 0.2) is 5.11 Å². The van der Waals surface area contributed by atoms with Crippen LogP contribution in [0, 0.1) is 13.8 Å². The van der Waals surface area contributed by atoms with Gasteiger partial charge < -0.3 is 14.3 Å². The molecule has 33 heavy (non-hydrogen) atoms. The fraction of sp³-hybridized carbons (Fsp3) is 0.0833. The van der Waals surface area contributed by atoms with Crippen molar-refractivity contribution in [2.75, 3.05) is 4.90 Å². The zero-order valence-corrected chi connectivity index (χ0v) is 19.0. The first-order chi connectivity index (χ1) is 15.6. The molecule has 1 aromatic heterocycles. The van der Waals surface area contributed by atoms with E-state index in [1.165, 1.54) is 29.2 Å². The normalized spacial score (nSPS) is 15.2. The topological polar surface area (TPSA) is 103 Å². The molecule has 3 aromatic rings. The molecule has 9 heteroatoms. The van der Waals surface area contributed by atoms with Gasteiger partial charge in [0.1, 0.15) is 17.1 Å². The van der Waals surface area contributed by atoms with E-state index in [0.717, 1.165) is 11.1 Å². The van der Waals surface area contributed by atoms with Gasteiger partial charge in [-0.2, -0.15) is 0 Å². The summed E-state index contributed by atoms with van der Waals surface area (Å²) in [5, 5.41) is 13.9. The van der Waals surface area contributed by atoms with Crippen LogP contribution in [0.15, 0.2) is 58.5 Å². The Hall–Kier alpha value is -3.75. The van der Waals surface area contributed by atoms with E-state index in [4.69, 9.17) is 28.2 Å². The maximum absolute atomic E-state index is 13.2. The number of nitrogens with one attached hydrogen (secondary N) is 1. The van der Waals surface area contributed by atoms with E-state index >= 15 is 0 Å². The average molecular weight is 480 g/mol. The van der Waals surface area contributed by atoms with Gasteiger partial charge in [0.25, 0.3) is 11.8 Å². The van der Waals surface area contributed by atoms with Gasteiger partial charge in [-0.1, -0.05) is 23.7 Å². The molecule has 0 saturated carbocycles. The summed E-state index contributed by atoms with van der Waals surface area (Å²) < 4.78 is 5.73. The van der Waals surface area contributed by atoms with E-state index in [1.807, 2.05) is 19.9 Å². The number of aromatic carboxylic acids is 1. The summed E-state index contributed by atoms with van der Waals surface area (Å²) in [5.41, 5.74) is 2.52. The maximum atomic E-state index is 13.2. The number of halogens is 1. The Morgan fingerprint density at radius 2 is 1.79 bits per heavy atom. The molecular weight excluding hydrogens is 464 g/mol. The number of carbonyl (C=O) groups is 3. The largest absolute Gasteiger partial charge is 0.545 e. The molecule has 0 bridgehead atoms. The number of carboxylic acids is 1. The molecule has 1 fully saturated rings. The molecule has 1 saturated heterocycles. The number of carboxylic acid groups (broad SMARTS) is 1. The number of amides is 2. The third kappa shape index (κ3) is 4.44. The van der Waals surface area contributed by atoms with Crippen LogP contribution in [0.5, 0.6) is 0 Å². The molecule has 0 aliphatic carbocycles. The van der Waals surface area contributed by atoms with Crippen LogP contribution >= 0.6 is 23.8 Å². The van der Waals surface area contributed by atoms with Crippen LogP contribution in [0.2, 0.25) is 5.02 Å². The molecule has 1 aliphatic rings. The second kappa shape index (κ2) is 8.65. The highest BCUT2D eigenvalue weighted by molar-refractivity contribution is 7.80. The predicted octanol–water partition coefficient (Wildman–Crippen LogP) is 3.41. The Kier molecular flexibility index (Phi) is 5.88. The predicted molar refractivity (Wildman–Crippen MR) is 126 cm³/mol. The highest BCUT2D eigenvalue weighted by Crippen LogP contribution is 2.31. The smallest absolute Gasteiger partial charge is 0.270 e. The Morgan fingerprint density at radius 3 is 2.45 bits per heavy atom. The highest BCUT2D eigenvalue weighted by atomic mass is 35.5. The van der Waals surface area contributed by atoms with E-state index in [2.05, 4.69) is 5.32 Å². The van der Waals surface area contributed by atoms with Gasteiger partial charge in [0.2, 0.25) is 0 Å². The Morgan fingerprint density at radius 1 is 1.09 bits per heavy atom. The second-order valence-corrected chi connectivity index (χ2v) is 8.28. The molecule has 1 aliphatic heterocycles. The van der Waals surface area contributed by atoms with Gasteiger partial charge in [-0.25, -0.2) is 0 Å². The van der Waals surface area contributed by atoms with Crippen molar-refractivity contribution in [1.82, 2.24) is 5.32 Å². The summed E-state index contributed by atoms with van der Waals surface area (Å²) in [5.74, 6) is -2.13. The lowest BCUT2D eigenvalue weighted by Crippen LogP contribution is -2.54. The Labute approximate surface area is 199 Å². The van der Waals surface area contributed by atoms with Crippen molar-refractivity contribution in [3.63, 3.8) is 0 Å².